The fourth-order valence-electron chi connectivity index (χ4n) is 2.07. The van der Waals surface area contributed by atoms with Crippen LogP contribution in [-0.2, 0) is 4.74 Å². The Morgan fingerprint density at radius 1 is 1.18 bits per heavy atom. The maximum absolute atomic E-state index is 12.1. The van der Waals surface area contributed by atoms with Crippen LogP contribution in [0.15, 0.2) is 62.7 Å². The van der Waals surface area contributed by atoms with E-state index < -0.39 is 5.97 Å². The van der Waals surface area contributed by atoms with Crippen molar-refractivity contribution in [2.45, 2.75) is 16.7 Å². The van der Waals surface area contributed by atoms with E-state index in [9.17, 15) is 4.79 Å². The van der Waals surface area contributed by atoms with Gasteiger partial charge in [-0.3, -0.25) is 0 Å². The predicted octanol–water partition coefficient (Wildman–Crippen LogP) is 5.41. The summed E-state index contributed by atoms with van der Waals surface area (Å²) in [5.74, 6) is -0.210. The summed E-state index contributed by atoms with van der Waals surface area (Å²) in [5.41, 5.74) is 0.669. The van der Waals surface area contributed by atoms with Gasteiger partial charge in [0.2, 0.25) is 5.76 Å². The summed E-state index contributed by atoms with van der Waals surface area (Å²) in [6.45, 7) is 2.08. The molecule has 0 spiro atoms. The van der Waals surface area contributed by atoms with Crippen molar-refractivity contribution in [1.82, 2.24) is 0 Å². The van der Waals surface area contributed by atoms with Gasteiger partial charge in [-0.2, -0.15) is 0 Å². The highest BCUT2D eigenvalue weighted by Crippen LogP contribution is 2.39. The smallest absolute Gasteiger partial charge is 0.375 e. The molecule has 2 aromatic carbocycles. The molecule has 0 unspecified atom stereocenters. The number of rotatable bonds is 4. The monoisotopic (exact) mass is 332 g/mol. The lowest BCUT2D eigenvalue weighted by molar-refractivity contribution is 0.0487. The number of ether oxygens (including phenoxy) is 1. The molecule has 1 heterocycles. The predicted molar refractivity (Wildman–Crippen MR) is 87.7 cm³/mol. The van der Waals surface area contributed by atoms with Crippen LogP contribution in [0.25, 0.3) is 11.0 Å². The van der Waals surface area contributed by atoms with Crippen LogP contribution in [0.4, 0.5) is 0 Å². The minimum Gasteiger partial charge on any atom is -0.460 e. The third-order valence-corrected chi connectivity index (χ3v) is 4.41. The summed E-state index contributed by atoms with van der Waals surface area (Å²) in [7, 11) is 0. The molecule has 22 heavy (non-hydrogen) atoms. The highest BCUT2D eigenvalue weighted by Gasteiger charge is 2.22. The molecule has 0 saturated heterocycles. The zero-order chi connectivity index (χ0) is 15.5. The normalized spacial score (nSPS) is 10.8. The average molecular weight is 333 g/mol. The number of carbonyl (C=O) groups excluding carboxylic acids is 1. The van der Waals surface area contributed by atoms with Crippen LogP contribution < -0.4 is 0 Å². The van der Waals surface area contributed by atoms with Crippen molar-refractivity contribution in [3.05, 3.63) is 59.3 Å². The van der Waals surface area contributed by atoms with Crippen molar-refractivity contribution < 1.29 is 13.9 Å². The zero-order valence-corrected chi connectivity index (χ0v) is 13.4. The molecule has 0 saturated carbocycles. The lowest BCUT2D eigenvalue weighted by Gasteiger charge is -2.03. The maximum Gasteiger partial charge on any atom is 0.375 e. The molecule has 1 aromatic heterocycles. The van der Waals surface area contributed by atoms with Gasteiger partial charge in [0.1, 0.15) is 5.58 Å². The van der Waals surface area contributed by atoms with E-state index in [0.717, 1.165) is 15.2 Å². The molecule has 0 fully saturated rings. The molecular formula is C17H13ClO3S. The molecule has 0 bridgehead atoms. The summed E-state index contributed by atoms with van der Waals surface area (Å²) in [4.78, 5) is 13.9. The highest BCUT2D eigenvalue weighted by molar-refractivity contribution is 7.99. The molecule has 0 atom stereocenters. The largest absolute Gasteiger partial charge is 0.460 e. The van der Waals surface area contributed by atoms with E-state index in [-0.39, 0.29) is 5.76 Å². The molecule has 0 aliphatic heterocycles. The maximum atomic E-state index is 12.1. The fourth-order valence-corrected chi connectivity index (χ4v) is 3.20. The second-order valence-electron chi connectivity index (χ2n) is 4.53. The van der Waals surface area contributed by atoms with E-state index in [1.807, 2.05) is 48.5 Å². The second kappa shape index (κ2) is 6.46. The number of para-hydroxylation sites is 1. The Kier molecular flexibility index (Phi) is 4.41. The first-order valence-electron chi connectivity index (χ1n) is 6.81. The topological polar surface area (TPSA) is 39.4 Å². The number of hydrogen-bond donors (Lipinski definition) is 0. The van der Waals surface area contributed by atoms with E-state index in [2.05, 4.69) is 0 Å². The highest BCUT2D eigenvalue weighted by atomic mass is 35.5. The van der Waals surface area contributed by atoms with Gasteiger partial charge in [-0.1, -0.05) is 35.5 Å². The van der Waals surface area contributed by atoms with Crippen molar-refractivity contribution in [2.24, 2.45) is 0 Å². The van der Waals surface area contributed by atoms with E-state index in [0.29, 0.717) is 17.2 Å². The molecule has 3 aromatic rings. The molecule has 0 aliphatic rings. The Balaban J connectivity index is 2.07. The molecule has 0 N–H and O–H groups in total. The van der Waals surface area contributed by atoms with Gasteiger partial charge in [-0.25, -0.2) is 4.79 Å². The molecule has 0 amide bonds. The average Bonchev–Trinajstić information content (AvgIpc) is 2.89. The third kappa shape index (κ3) is 2.98. The van der Waals surface area contributed by atoms with Gasteiger partial charge in [0.25, 0.3) is 0 Å². The van der Waals surface area contributed by atoms with Crippen LogP contribution in [0, 0.1) is 0 Å². The first kappa shape index (κ1) is 15.0. The van der Waals surface area contributed by atoms with Crippen LogP contribution in [0.3, 0.4) is 0 Å². The van der Waals surface area contributed by atoms with Crippen molar-refractivity contribution >= 4 is 40.3 Å². The molecule has 5 heteroatoms. The Hall–Kier alpha value is -1.91. The lowest BCUT2D eigenvalue weighted by atomic mass is 10.2. The number of fused-ring (bicyclic) bond motifs is 1. The van der Waals surface area contributed by atoms with Crippen molar-refractivity contribution in [3.63, 3.8) is 0 Å². The minimum absolute atomic E-state index is 0.239. The second-order valence-corrected chi connectivity index (χ2v) is 6.05. The molecule has 0 radical (unpaired) electrons. The van der Waals surface area contributed by atoms with E-state index in [1.54, 1.807) is 6.92 Å². The Bertz CT molecular complexity index is 808. The molecule has 0 aliphatic carbocycles. The van der Waals surface area contributed by atoms with Gasteiger partial charge < -0.3 is 9.15 Å². The van der Waals surface area contributed by atoms with Gasteiger partial charge in [0, 0.05) is 15.3 Å². The number of benzene rings is 2. The summed E-state index contributed by atoms with van der Waals surface area (Å²) in [6, 6.07) is 15.0. The number of furan rings is 1. The Morgan fingerprint density at radius 3 is 2.64 bits per heavy atom. The van der Waals surface area contributed by atoms with Gasteiger partial charge in [0.05, 0.1) is 11.5 Å². The molecule has 112 valence electrons. The van der Waals surface area contributed by atoms with Crippen LogP contribution in [-0.4, -0.2) is 12.6 Å². The third-order valence-electron chi connectivity index (χ3n) is 3.04. The Morgan fingerprint density at radius 2 is 1.91 bits per heavy atom. The number of esters is 1. The van der Waals surface area contributed by atoms with Gasteiger partial charge in [-0.05, 0) is 43.3 Å². The minimum atomic E-state index is -0.449. The first-order chi connectivity index (χ1) is 10.7. The quantitative estimate of drug-likeness (QED) is 0.598. The number of halogens is 1. The van der Waals surface area contributed by atoms with E-state index >= 15 is 0 Å². The van der Waals surface area contributed by atoms with Crippen molar-refractivity contribution in [3.8, 4) is 0 Å². The van der Waals surface area contributed by atoms with E-state index in [1.165, 1.54) is 11.8 Å². The van der Waals surface area contributed by atoms with Crippen LogP contribution in [0.5, 0.6) is 0 Å². The molecule has 3 nitrogen and oxygen atoms in total. The summed E-state index contributed by atoms with van der Waals surface area (Å²) in [5, 5.41) is 1.57. The first-order valence-corrected chi connectivity index (χ1v) is 8.00. The van der Waals surface area contributed by atoms with Crippen LogP contribution in [0.1, 0.15) is 17.5 Å². The molecule has 3 rings (SSSR count). The van der Waals surface area contributed by atoms with Crippen LogP contribution in [0.2, 0.25) is 5.02 Å². The Labute approximate surface area is 137 Å². The molecular weight excluding hydrogens is 320 g/mol. The summed E-state index contributed by atoms with van der Waals surface area (Å²) in [6.07, 6.45) is 0. The van der Waals surface area contributed by atoms with Gasteiger partial charge in [0.15, 0.2) is 0 Å². The number of hydrogen-bond acceptors (Lipinski definition) is 4. The SMILES string of the molecule is CCOC(=O)c1oc2ccccc2c1Sc1ccc(Cl)cc1. The summed E-state index contributed by atoms with van der Waals surface area (Å²) < 4.78 is 10.8. The van der Waals surface area contributed by atoms with Crippen LogP contribution >= 0.6 is 23.4 Å². The van der Waals surface area contributed by atoms with Gasteiger partial charge >= 0.3 is 5.97 Å². The lowest BCUT2D eigenvalue weighted by Crippen LogP contribution is -2.04. The van der Waals surface area contributed by atoms with Crippen molar-refractivity contribution in [2.75, 3.05) is 6.61 Å². The van der Waals surface area contributed by atoms with E-state index in [4.69, 9.17) is 20.8 Å². The standard InChI is InChI=1S/C17H13ClO3S/c1-2-20-17(19)15-16(13-5-3-4-6-14(13)21-15)22-12-9-7-11(18)8-10-12/h3-10H,2H2,1H3. The van der Waals surface area contributed by atoms with Crippen molar-refractivity contribution in [1.29, 1.82) is 0 Å². The summed E-state index contributed by atoms with van der Waals surface area (Å²) >= 11 is 7.37. The zero-order valence-electron chi connectivity index (χ0n) is 11.8. The number of carbonyl (C=O) groups is 1. The van der Waals surface area contributed by atoms with Gasteiger partial charge in [-0.15, -0.1) is 0 Å². The fraction of sp³-hybridized carbons (Fsp3) is 0.118.